The van der Waals surface area contributed by atoms with Crippen LogP contribution in [-0.2, 0) is 11.2 Å². The number of carbonyl (C=O) groups is 1. The minimum Gasteiger partial charge on any atom is -0.493 e. The van der Waals surface area contributed by atoms with Gasteiger partial charge in [-0.05, 0) is 42.2 Å². The van der Waals surface area contributed by atoms with Crippen LogP contribution in [0.25, 0.3) is 12.2 Å². The molecule has 0 aliphatic heterocycles. The largest absolute Gasteiger partial charge is 0.493 e. The first-order valence-corrected chi connectivity index (χ1v) is 8.56. The summed E-state index contributed by atoms with van der Waals surface area (Å²) in [5, 5.41) is 2.74. The quantitative estimate of drug-likeness (QED) is 0.722. The average Bonchev–Trinajstić information content (AvgIpc) is 2.67. The highest BCUT2D eigenvalue weighted by molar-refractivity contribution is 5.73. The van der Waals surface area contributed by atoms with Crippen LogP contribution < -0.4 is 14.8 Å². The molecule has 0 saturated carbocycles. The normalized spacial score (nSPS) is 10.6. The van der Waals surface area contributed by atoms with E-state index in [2.05, 4.69) is 5.32 Å². The molecule has 0 atom stereocenters. The highest BCUT2D eigenvalue weighted by Crippen LogP contribution is 2.31. The fourth-order valence-electron chi connectivity index (χ4n) is 2.54. The number of carbonyl (C=O) groups excluding carboxylic acids is 1. The molecule has 0 heterocycles. The topological polar surface area (TPSA) is 56.8 Å². The molecule has 0 aliphatic rings. The summed E-state index contributed by atoms with van der Waals surface area (Å²) in [5.74, 6) is 1.33. The lowest BCUT2D eigenvalue weighted by molar-refractivity contribution is 0.152. The minimum absolute atomic E-state index is 0.354. The first-order valence-electron chi connectivity index (χ1n) is 8.56. The summed E-state index contributed by atoms with van der Waals surface area (Å²) in [7, 11) is 3.22. The number of hydrogen-bond acceptors (Lipinski definition) is 4. The van der Waals surface area contributed by atoms with Crippen molar-refractivity contribution in [3.63, 3.8) is 0 Å². The van der Waals surface area contributed by atoms with Crippen molar-refractivity contribution in [2.75, 3.05) is 27.4 Å². The molecule has 2 aromatic rings. The fraction of sp³-hybridized carbons (Fsp3) is 0.286. The fourth-order valence-corrected chi connectivity index (χ4v) is 2.54. The Kier molecular flexibility index (Phi) is 7.55. The van der Waals surface area contributed by atoms with E-state index in [9.17, 15) is 4.79 Å². The van der Waals surface area contributed by atoms with Gasteiger partial charge in [0.25, 0.3) is 0 Å². The van der Waals surface area contributed by atoms with Gasteiger partial charge in [-0.2, -0.15) is 0 Å². The number of benzene rings is 2. The molecule has 0 fully saturated rings. The van der Waals surface area contributed by atoms with Crippen molar-refractivity contribution in [2.45, 2.75) is 13.3 Å². The van der Waals surface area contributed by atoms with Crippen LogP contribution in [0.3, 0.4) is 0 Å². The third-order valence-corrected chi connectivity index (χ3v) is 3.84. The Morgan fingerprint density at radius 1 is 1.04 bits per heavy atom. The van der Waals surface area contributed by atoms with Crippen molar-refractivity contribution >= 4 is 18.2 Å². The van der Waals surface area contributed by atoms with Gasteiger partial charge in [-0.15, -0.1) is 0 Å². The van der Waals surface area contributed by atoms with Crippen LogP contribution >= 0.6 is 0 Å². The molecule has 0 spiro atoms. The molecule has 0 unspecified atom stereocenters. The summed E-state index contributed by atoms with van der Waals surface area (Å²) in [6.45, 7) is 2.61. The van der Waals surface area contributed by atoms with Crippen molar-refractivity contribution in [1.82, 2.24) is 5.32 Å². The molecular weight excluding hydrogens is 330 g/mol. The molecule has 0 bridgehead atoms. The predicted molar refractivity (Wildman–Crippen MR) is 104 cm³/mol. The van der Waals surface area contributed by atoms with Gasteiger partial charge in [0.15, 0.2) is 11.5 Å². The Labute approximate surface area is 154 Å². The minimum atomic E-state index is -0.408. The molecular formula is C21H25NO4. The van der Waals surface area contributed by atoms with Gasteiger partial charge in [0.05, 0.1) is 20.8 Å². The number of hydrogen-bond donors (Lipinski definition) is 1. The Morgan fingerprint density at radius 3 is 2.38 bits per heavy atom. The second-order valence-electron chi connectivity index (χ2n) is 5.55. The summed E-state index contributed by atoms with van der Waals surface area (Å²) < 4.78 is 15.7. The van der Waals surface area contributed by atoms with Gasteiger partial charge in [-0.25, -0.2) is 4.79 Å². The summed E-state index contributed by atoms with van der Waals surface area (Å²) in [6.07, 6.45) is 4.32. The molecule has 5 heteroatoms. The molecule has 0 radical (unpaired) electrons. The van der Waals surface area contributed by atoms with Crippen LogP contribution in [0.2, 0.25) is 0 Å². The Morgan fingerprint density at radius 2 is 1.73 bits per heavy atom. The zero-order valence-electron chi connectivity index (χ0n) is 15.5. The molecule has 0 aromatic heterocycles. The summed E-state index contributed by atoms with van der Waals surface area (Å²) >= 11 is 0. The molecule has 2 aromatic carbocycles. The van der Waals surface area contributed by atoms with Gasteiger partial charge in [0.2, 0.25) is 0 Å². The Balaban J connectivity index is 2.22. The monoisotopic (exact) mass is 355 g/mol. The molecule has 138 valence electrons. The standard InChI is InChI=1S/C21H25NO4/c1-4-26-21(23)22-13-12-18-15-20(25-3)19(24-2)14-17(18)11-10-16-8-6-5-7-9-16/h5-11,14-15H,4,12-13H2,1-3H3,(H,22,23)/b11-10+. The zero-order chi connectivity index (χ0) is 18.8. The second-order valence-corrected chi connectivity index (χ2v) is 5.55. The predicted octanol–water partition coefficient (Wildman–Crippen LogP) is 4.16. The maximum atomic E-state index is 11.5. The molecule has 26 heavy (non-hydrogen) atoms. The van der Waals surface area contributed by atoms with Crippen molar-refractivity contribution in [1.29, 1.82) is 0 Å². The van der Waals surface area contributed by atoms with Crippen molar-refractivity contribution in [2.24, 2.45) is 0 Å². The first kappa shape index (κ1) is 19.4. The van der Waals surface area contributed by atoms with Gasteiger partial charge >= 0.3 is 6.09 Å². The van der Waals surface area contributed by atoms with Crippen LogP contribution in [0.5, 0.6) is 11.5 Å². The lowest BCUT2D eigenvalue weighted by Crippen LogP contribution is -2.26. The van der Waals surface area contributed by atoms with Crippen molar-refractivity contribution < 1.29 is 19.0 Å². The molecule has 1 N–H and O–H groups in total. The number of alkyl carbamates (subject to hydrolysis) is 1. The van der Waals surface area contributed by atoms with E-state index in [-0.39, 0.29) is 0 Å². The molecule has 0 saturated heterocycles. The molecule has 2 rings (SSSR count). The second kappa shape index (κ2) is 10.1. The van der Waals surface area contributed by atoms with E-state index < -0.39 is 6.09 Å². The van der Waals surface area contributed by atoms with Gasteiger partial charge in [0.1, 0.15) is 0 Å². The van der Waals surface area contributed by atoms with E-state index in [0.29, 0.717) is 31.1 Å². The summed E-state index contributed by atoms with van der Waals surface area (Å²) in [5.41, 5.74) is 3.17. The molecule has 1 amide bonds. The van der Waals surface area contributed by atoms with Crippen LogP contribution in [0.4, 0.5) is 4.79 Å². The maximum Gasteiger partial charge on any atom is 0.407 e. The maximum absolute atomic E-state index is 11.5. The smallest absolute Gasteiger partial charge is 0.407 e. The Bertz CT molecular complexity index is 741. The van der Waals surface area contributed by atoms with Gasteiger partial charge in [-0.3, -0.25) is 0 Å². The van der Waals surface area contributed by atoms with Crippen molar-refractivity contribution in [3.05, 3.63) is 59.2 Å². The van der Waals surface area contributed by atoms with Gasteiger partial charge < -0.3 is 19.5 Å². The summed E-state index contributed by atoms with van der Waals surface area (Å²) in [4.78, 5) is 11.5. The molecule has 5 nitrogen and oxygen atoms in total. The number of amides is 1. The van der Waals surface area contributed by atoms with E-state index in [1.807, 2.05) is 54.6 Å². The van der Waals surface area contributed by atoms with E-state index in [0.717, 1.165) is 16.7 Å². The lowest BCUT2D eigenvalue weighted by atomic mass is 10.0. The first-order chi connectivity index (χ1) is 12.7. The van der Waals surface area contributed by atoms with E-state index in [1.165, 1.54) is 0 Å². The molecule has 0 aliphatic carbocycles. The summed E-state index contributed by atoms with van der Waals surface area (Å²) in [6, 6.07) is 13.9. The zero-order valence-corrected chi connectivity index (χ0v) is 15.5. The van der Waals surface area contributed by atoms with E-state index in [1.54, 1.807) is 21.1 Å². The number of nitrogens with one attached hydrogen (secondary N) is 1. The lowest BCUT2D eigenvalue weighted by Gasteiger charge is -2.13. The van der Waals surface area contributed by atoms with E-state index >= 15 is 0 Å². The van der Waals surface area contributed by atoms with Crippen molar-refractivity contribution in [3.8, 4) is 11.5 Å². The van der Waals surface area contributed by atoms with Gasteiger partial charge in [-0.1, -0.05) is 42.5 Å². The van der Waals surface area contributed by atoms with Crippen LogP contribution in [0, 0.1) is 0 Å². The highest BCUT2D eigenvalue weighted by Gasteiger charge is 2.10. The van der Waals surface area contributed by atoms with Crippen LogP contribution in [0.1, 0.15) is 23.6 Å². The SMILES string of the molecule is CCOC(=O)NCCc1cc(OC)c(OC)cc1/C=C/c1ccccc1. The number of ether oxygens (including phenoxy) is 3. The number of rotatable bonds is 8. The van der Waals surface area contributed by atoms with E-state index in [4.69, 9.17) is 14.2 Å². The average molecular weight is 355 g/mol. The van der Waals surface area contributed by atoms with Crippen LogP contribution in [-0.4, -0.2) is 33.5 Å². The van der Waals surface area contributed by atoms with Gasteiger partial charge in [0, 0.05) is 6.54 Å². The third kappa shape index (κ3) is 5.55. The third-order valence-electron chi connectivity index (χ3n) is 3.84. The highest BCUT2D eigenvalue weighted by atomic mass is 16.5. The Hall–Kier alpha value is -2.95. The number of methoxy groups -OCH3 is 2. The van der Waals surface area contributed by atoms with Crippen LogP contribution in [0.15, 0.2) is 42.5 Å².